The molecule has 0 unspecified atom stereocenters. The van der Waals surface area contributed by atoms with E-state index in [2.05, 4.69) is 5.10 Å². The number of benzene rings is 1. The molecule has 6 nitrogen and oxygen atoms in total. The molecule has 1 aromatic carbocycles. The average molecular weight is 234 g/mol. The van der Waals surface area contributed by atoms with Gasteiger partial charge in [-0.3, -0.25) is 14.6 Å². The number of hydrogen-bond acceptors (Lipinski definition) is 3. The lowest BCUT2D eigenvalue weighted by molar-refractivity contribution is 0.0690. The van der Waals surface area contributed by atoms with Crippen molar-refractivity contribution in [2.24, 2.45) is 7.05 Å². The monoisotopic (exact) mass is 234 g/mol. The first-order valence-corrected chi connectivity index (χ1v) is 4.82. The van der Waals surface area contributed by atoms with E-state index < -0.39 is 11.5 Å². The number of carbonyl (C=O) groups is 1. The van der Waals surface area contributed by atoms with Crippen molar-refractivity contribution < 1.29 is 15.0 Å². The molecule has 0 atom stereocenters. The van der Waals surface area contributed by atoms with Crippen LogP contribution in [0.15, 0.2) is 29.1 Å². The first-order valence-electron chi connectivity index (χ1n) is 4.82. The second-order valence-corrected chi connectivity index (χ2v) is 3.58. The van der Waals surface area contributed by atoms with Gasteiger partial charge in [-0.1, -0.05) is 12.1 Å². The second kappa shape index (κ2) is 3.82. The Balaban J connectivity index is 2.70. The molecule has 6 heteroatoms. The Labute approximate surface area is 95.7 Å². The van der Waals surface area contributed by atoms with Gasteiger partial charge in [0.2, 0.25) is 0 Å². The van der Waals surface area contributed by atoms with E-state index in [-0.39, 0.29) is 17.0 Å². The highest BCUT2D eigenvalue weighted by Crippen LogP contribution is 2.21. The predicted octanol–water partition coefficient (Wildman–Crippen LogP) is 0.784. The summed E-state index contributed by atoms with van der Waals surface area (Å²) >= 11 is 0. The first-order chi connectivity index (χ1) is 8.00. The molecule has 0 radical (unpaired) electrons. The van der Waals surface area contributed by atoms with Gasteiger partial charge in [0.25, 0.3) is 5.56 Å². The zero-order valence-corrected chi connectivity index (χ0v) is 8.97. The van der Waals surface area contributed by atoms with Crippen LogP contribution in [0.25, 0.3) is 11.1 Å². The maximum absolute atomic E-state index is 11.8. The van der Waals surface area contributed by atoms with Crippen LogP contribution in [0.4, 0.5) is 0 Å². The number of aromatic carboxylic acids is 1. The maximum Gasteiger partial charge on any atom is 0.354 e. The molecule has 0 aliphatic rings. The lowest BCUT2D eigenvalue weighted by Crippen LogP contribution is -2.13. The fourth-order valence-electron chi connectivity index (χ4n) is 1.60. The number of aromatic nitrogens is 2. The number of rotatable bonds is 2. The van der Waals surface area contributed by atoms with Gasteiger partial charge in [0.05, 0.1) is 5.56 Å². The Morgan fingerprint density at radius 3 is 2.41 bits per heavy atom. The third kappa shape index (κ3) is 1.80. The molecular formula is C11H10N2O4. The molecule has 1 heterocycles. The van der Waals surface area contributed by atoms with Crippen LogP contribution < -0.4 is 5.56 Å². The number of nitrogens with one attached hydrogen (secondary N) is 1. The SMILES string of the molecule is Cn1[nH]c(C(=O)O)c(-c2ccc(O)cc2)c1=O. The molecule has 17 heavy (non-hydrogen) atoms. The Hall–Kier alpha value is -2.50. The number of aromatic hydroxyl groups is 1. The summed E-state index contributed by atoms with van der Waals surface area (Å²) in [4.78, 5) is 22.8. The first kappa shape index (κ1) is 11.0. The zero-order chi connectivity index (χ0) is 12.6. The van der Waals surface area contributed by atoms with Gasteiger partial charge in [0, 0.05) is 7.05 Å². The largest absolute Gasteiger partial charge is 0.508 e. The van der Waals surface area contributed by atoms with Crippen LogP contribution in [0, 0.1) is 0 Å². The Morgan fingerprint density at radius 2 is 1.88 bits per heavy atom. The minimum atomic E-state index is -1.20. The van der Waals surface area contributed by atoms with Crippen molar-refractivity contribution in [3.05, 3.63) is 40.3 Å². The Morgan fingerprint density at radius 1 is 1.29 bits per heavy atom. The van der Waals surface area contributed by atoms with Crippen LogP contribution in [0.1, 0.15) is 10.5 Å². The van der Waals surface area contributed by atoms with E-state index in [9.17, 15) is 9.59 Å². The molecule has 0 saturated heterocycles. The predicted molar refractivity (Wildman–Crippen MR) is 60.1 cm³/mol. The fourth-order valence-corrected chi connectivity index (χ4v) is 1.60. The summed E-state index contributed by atoms with van der Waals surface area (Å²) in [5.74, 6) is -1.15. The highest BCUT2D eigenvalue weighted by molar-refractivity contribution is 5.93. The molecule has 0 spiro atoms. The second-order valence-electron chi connectivity index (χ2n) is 3.58. The smallest absolute Gasteiger partial charge is 0.354 e. The molecule has 0 bridgehead atoms. The number of phenolic OH excluding ortho intramolecular Hbond substituents is 1. The van der Waals surface area contributed by atoms with Crippen molar-refractivity contribution >= 4 is 5.97 Å². The van der Waals surface area contributed by atoms with Gasteiger partial charge >= 0.3 is 5.97 Å². The Kier molecular flexibility index (Phi) is 2.47. The number of aryl methyl sites for hydroxylation is 1. The third-order valence-corrected chi connectivity index (χ3v) is 2.42. The van der Waals surface area contributed by atoms with E-state index in [1.165, 1.54) is 31.3 Å². The highest BCUT2D eigenvalue weighted by Gasteiger charge is 2.19. The summed E-state index contributed by atoms with van der Waals surface area (Å²) < 4.78 is 1.10. The van der Waals surface area contributed by atoms with Crippen molar-refractivity contribution in [3.8, 4) is 16.9 Å². The molecule has 1 aromatic heterocycles. The summed E-state index contributed by atoms with van der Waals surface area (Å²) in [6.07, 6.45) is 0. The summed E-state index contributed by atoms with van der Waals surface area (Å²) in [7, 11) is 1.44. The number of carboxylic acids is 1. The number of nitrogens with zero attached hydrogens (tertiary/aromatic N) is 1. The average Bonchev–Trinajstić information content (AvgIpc) is 2.57. The molecular weight excluding hydrogens is 224 g/mol. The van der Waals surface area contributed by atoms with Gasteiger partial charge < -0.3 is 10.2 Å². The van der Waals surface area contributed by atoms with E-state index in [0.717, 1.165) is 4.68 Å². The van der Waals surface area contributed by atoms with E-state index in [1.807, 2.05) is 0 Å². The number of hydrogen-bond donors (Lipinski definition) is 3. The van der Waals surface area contributed by atoms with Gasteiger partial charge in [-0.25, -0.2) is 4.79 Å². The number of aromatic amines is 1. The molecule has 0 aliphatic heterocycles. The topological polar surface area (TPSA) is 95.3 Å². The van der Waals surface area contributed by atoms with Gasteiger partial charge in [0.15, 0.2) is 5.69 Å². The molecule has 0 amide bonds. The van der Waals surface area contributed by atoms with E-state index in [1.54, 1.807) is 0 Å². The van der Waals surface area contributed by atoms with Crippen molar-refractivity contribution in [3.63, 3.8) is 0 Å². The molecule has 0 saturated carbocycles. The lowest BCUT2D eigenvalue weighted by Gasteiger charge is -1.98. The quantitative estimate of drug-likeness (QED) is 0.715. The Bertz CT molecular complexity index is 622. The summed E-state index contributed by atoms with van der Waals surface area (Å²) in [6, 6.07) is 5.78. The van der Waals surface area contributed by atoms with Crippen LogP contribution >= 0.6 is 0 Å². The normalized spacial score (nSPS) is 10.4. The minimum absolute atomic E-state index is 0.0537. The maximum atomic E-state index is 11.8. The summed E-state index contributed by atoms with van der Waals surface area (Å²) in [5, 5.41) is 20.6. The third-order valence-electron chi connectivity index (χ3n) is 2.42. The van der Waals surface area contributed by atoms with Crippen LogP contribution in [0.2, 0.25) is 0 Å². The standard InChI is InChI=1S/C11H10N2O4/c1-13-10(15)8(9(12-13)11(16)17)6-2-4-7(14)5-3-6/h2-5,12,14H,1H3,(H,16,17). The van der Waals surface area contributed by atoms with Crippen molar-refractivity contribution in [2.75, 3.05) is 0 Å². The highest BCUT2D eigenvalue weighted by atomic mass is 16.4. The number of H-pyrrole nitrogens is 1. The van der Waals surface area contributed by atoms with Crippen molar-refractivity contribution in [2.45, 2.75) is 0 Å². The molecule has 3 N–H and O–H groups in total. The van der Waals surface area contributed by atoms with Crippen molar-refractivity contribution in [1.29, 1.82) is 0 Å². The fraction of sp³-hybridized carbons (Fsp3) is 0.0909. The number of carboxylic acid groups (broad SMARTS) is 1. The van der Waals surface area contributed by atoms with E-state index >= 15 is 0 Å². The van der Waals surface area contributed by atoms with Gasteiger partial charge in [-0.2, -0.15) is 0 Å². The molecule has 2 rings (SSSR count). The van der Waals surface area contributed by atoms with E-state index in [4.69, 9.17) is 10.2 Å². The summed E-state index contributed by atoms with van der Waals surface area (Å²) in [5.41, 5.74) is -0.0571. The van der Waals surface area contributed by atoms with Crippen molar-refractivity contribution in [1.82, 2.24) is 9.78 Å². The summed E-state index contributed by atoms with van der Waals surface area (Å²) in [6.45, 7) is 0. The van der Waals surface area contributed by atoms with Crippen LogP contribution in [-0.4, -0.2) is 26.0 Å². The lowest BCUT2D eigenvalue weighted by atomic mass is 10.1. The zero-order valence-electron chi connectivity index (χ0n) is 8.97. The molecule has 0 aliphatic carbocycles. The van der Waals surface area contributed by atoms with Gasteiger partial charge in [-0.05, 0) is 17.7 Å². The van der Waals surface area contributed by atoms with Crippen LogP contribution in [-0.2, 0) is 7.05 Å². The molecule has 0 fully saturated rings. The van der Waals surface area contributed by atoms with E-state index in [0.29, 0.717) is 5.56 Å². The molecule has 2 aromatic rings. The number of phenols is 1. The van der Waals surface area contributed by atoms with Gasteiger partial charge in [0.1, 0.15) is 5.75 Å². The minimum Gasteiger partial charge on any atom is -0.508 e. The van der Waals surface area contributed by atoms with Crippen LogP contribution in [0.3, 0.4) is 0 Å². The molecule has 88 valence electrons. The van der Waals surface area contributed by atoms with Crippen LogP contribution in [0.5, 0.6) is 5.75 Å². The van der Waals surface area contributed by atoms with Gasteiger partial charge in [-0.15, -0.1) is 0 Å².